The minimum atomic E-state index is -0.179. The summed E-state index contributed by atoms with van der Waals surface area (Å²) >= 11 is 0. The molecule has 1 amide bonds. The third kappa shape index (κ3) is 4.71. The number of carbonyl (C=O) groups excluding carboxylic acids is 1. The SMILES string of the molecule is Cc1ccc(CC(=O)N2CC3(C[C@H](OCC4CCOCC4)CCO3)C2)cc1. The van der Waals surface area contributed by atoms with Crippen LogP contribution in [0.3, 0.4) is 0 Å². The molecule has 1 aromatic carbocycles. The Hall–Kier alpha value is -1.43. The molecule has 0 aliphatic carbocycles. The van der Waals surface area contributed by atoms with Gasteiger partial charge in [-0.2, -0.15) is 0 Å². The average Bonchev–Trinajstić information content (AvgIpc) is 2.67. The van der Waals surface area contributed by atoms with Crippen molar-refractivity contribution in [3.8, 4) is 0 Å². The summed E-state index contributed by atoms with van der Waals surface area (Å²) in [4.78, 5) is 14.5. The Bertz CT molecular complexity index is 632. The monoisotopic (exact) mass is 373 g/mol. The highest BCUT2D eigenvalue weighted by molar-refractivity contribution is 5.80. The Kier molecular flexibility index (Phi) is 5.81. The summed E-state index contributed by atoms with van der Waals surface area (Å²) in [7, 11) is 0. The zero-order chi connectivity index (χ0) is 18.7. The zero-order valence-corrected chi connectivity index (χ0v) is 16.3. The van der Waals surface area contributed by atoms with E-state index in [1.165, 1.54) is 5.56 Å². The number of nitrogens with zero attached hydrogens (tertiary/aromatic N) is 1. The number of carbonyl (C=O) groups is 1. The van der Waals surface area contributed by atoms with Gasteiger partial charge in [0.05, 0.1) is 25.6 Å². The molecule has 5 heteroatoms. The highest BCUT2D eigenvalue weighted by Gasteiger charge is 2.49. The third-order valence-corrected chi connectivity index (χ3v) is 6.14. The van der Waals surface area contributed by atoms with Gasteiger partial charge in [0.1, 0.15) is 5.60 Å². The second-order valence-corrected chi connectivity index (χ2v) is 8.45. The van der Waals surface area contributed by atoms with Crippen LogP contribution < -0.4 is 0 Å². The quantitative estimate of drug-likeness (QED) is 0.796. The van der Waals surface area contributed by atoms with Crippen LogP contribution in [0.25, 0.3) is 0 Å². The van der Waals surface area contributed by atoms with Crippen molar-refractivity contribution >= 4 is 5.91 Å². The van der Waals surface area contributed by atoms with Gasteiger partial charge in [0.15, 0.2) is 0 Å². The van der Waals surface area contributed by atoms with Gasteiger partial charge in [0.25, 0.3) is 0 Å². The van der Waals surface area contributed by atoms with Gasteiger partial charge in [-0.15, -0.1) is 0 Å². The van der Waals surface area contributed by atoms with Gasteiger partial charge >= 0.3 is 0 Å². The van der Waals surface area contributed by atoms with Crippen LogP contribution in [0.4, 0.5) is 0 Å². The zero-order valence-electron chi connectivity index (χ0n) is 16.3. The minimum Gasteiger partial charge on any atom is -0.381 e. The third-order valence-electron chi connectivity index (χ3n) is 6.14. The average molecular weight is 373 g/mol. The van der Waals surface area contributed by atoms with Gasteiger partial charge in [0.2, 0.25) is 5.91 Å². The Morgan fingerprint density at radius 3 is 2.63 bits per heavy atom. The molecule has 3 aliphatic heterocycles. The van der Waals surface area contributed by atoms with Gasteiger partial charge in [-0.1, -0.05) is 29.8 Å². The fourth-order valence-corrected chi connectivity index (χ4v) is 4.35. The summed E-state index contributed by atoms with van der Waals surface area (Å²) in [5, 5.41) is 0. The molecular weight excluding hydrogens is 342 g/mol. The largest absolute Gasteiger partial charge is 0.381 e. The smallest absolute Gasteiger partial charge is 0.227 e. The van der Waals surface area contributed by atoms with Gasteiger partial charge in [-0.05, 0) is 37.7 Å². The number of ether oxygens (including phenoxy) is 3. The van der Waals surface area contributed by atoms with Crippen molar-refractivity contribution in [3.05, 3.63) is 35.4 Å². The Morgan fingerprint density at radius 2 is 1.89 bits per heavy atom. The number of amides is 1. The van der Waals surface area contributed by atoms with E-state index in [4.69, 9.17) is 14.2 Å². The standard InChI is InChI=1S/C22H31NO4/c1-17-2-4-18(5-3-17)12-21(24)23-15-22(16-23)13-20(8-11-27-22)26-14-19-6-9-25-10-7-19/h2-5,19-20H,6-16H2,1H3/t20-/m1/s1. The molecule has 3 heterocycles. The predicted molar refractivity (Wildman–Crippen MR) is 103 cm³/mol. The molecule has 5 nitrogen and oxygen atoms in total. The fourth-order valence-electron chi connectivity index (χ4n) is 4.35. The summed E-state index contributed by atoms with van der Waals surface area (Å²) in [5.41, 5.74) is 2.12. The summed E-state index contributed by atoms with van der Waals surface area (Å²) in [6, 6.07) is 8.20. The van der Waals surface area contributed by atoms with Crippen LogP contribution in [0, 0.1) is 12.8 Å². The Labute approximate surface area is 162 Å². The van der Waals surface area contributed by atoms with E-state index in [9.17, 15) is 4.79 Å². The lowest BCUT2D eigenvalue weighted by molar-refractivity contribution is -0.202. The van der Waals surface area contributed by atoms with Crippen molar-refractivity contribution in [2.75, 3.05) is 39.5 Å². The fraction of sp³-hybridized carbons (Fsp3) is 0.682. The van der Waals surface area contributed by atoms with Crippen LogP contribution >= 0.6 is 0 Å². The number of hydrogen-bond acceptors (Lipinski definition) is 4. The molecule has 0 unspecified atom stereocenters. The van der Waals surface area contributed by atoms with Crippen molar-refractivity contribution < 1.29 is 19.0 Å². The van der Waals surface area contributed by atoms with Crippen molar-refractivity contribution in [2.24, 2.45) is 5.92 Å². The van der Waals surface area contributed by atoms with Gasteiger partial charge in [0, 0.05) is 32.8 Å². The molecule has 1 atom stereocenters. The second-order valence-electron chi connectivity index (χ2n) is 8.45. The maximum atomic E-state index is 12.5. The molecule has 3 saturated heterocycles. The highest BCUT2D eigenvalue weighted by atomic mass is 16.5. The second kappa shape index (κ2) is 8.29. The summed E-state index contributed by atoms with van der Waals surface area (Å²) < 4.78 is 17.7. The van der Waals surface area contributed by atoms with E-state index in [0.29, 0.717) is 25.4 Å². The van der Waals surface area contributed by atoms with E-state index in [2.05, 4.69) is 19.1 Å². The molecule has 1 aromatic rings. The van der Waals surface area contributed by atoms with Crippen LogP contribution in [0.1, 0.15) is 36.8 Å². The van der Waals surface area contributed by atoms with Crippen LogP contribution in [-0.4, -0.2) is 62.0 Å². The highest BCUT2D eigenvalue weighted by Crippen LogP contribution is 2.36. The lowest BCUT2D eigenvalue weighted by Gasteiger charge is -2.53. The lowest BCUT2D eigenvalue weighted by atomic mass is 9.84. The van der Waals surface area contributed by atoms with Crippen LogP contribution in [0.5, 0.6) is 0 Å². The molecule has 3 aliphatic rings. The maximum absolute atomic E-state index is 12.5. The van der Waals surface area contributed by atoms with Crippen LogP contribution in [0.15, 0.2) is 24.3 Å². The topological polar surface area (TPSA) is 48.0 Å². The Morgan fingerprint density at radius 1 is 1.15 bits per heavy atom. The summed E-state index contributed by atoms with van der Waals surface area (Å²) in [6.07, 6.45) is 4.81. The van der Waals surface area contributed by atoms with Crippen LogP contribution in [-0.2, 0) is 25.4 Å². The molecule has 0 radical (unpaired) electrons. The van der Waals surface area contributed by atoms with E-state index in [0.717, 1.165) is 57.7 Å². The first-order chi connectivity index (χ1) is 13.1. The molecule has 1 spiro atoms. The lowest BCUT2D eigenvalue weighted by Crippen LogP contribution is -2.67. The van der Waals surface area contributed by atoms with Crippen molar-refractivity contribution in [1.82, 2.24) is 4.90 Å². The van der Waals surface area contributed by atoms with E-state index >= 15 is 0 Å². The molecule has 0 N–H and O–H groups in total. The first-order valence-electron chi connectivity index (χ1n) is 10.3. The molecule has 0 aromatic heterocycles. The molecule has 3 fully saturated rings. The number of benzene rings is 1. The van der Waals surface area contributed by atoms with Gasteiger partial charge in [-0.25, -0.2) is 0 Å². The van der Waals surface area contributed by atoms with Gasteiger partial charge in [-0.3, -0.25) is 4.79 Å². The van der Waals surface area contributed by atoms with Gasteiger partial charge < -0.3 is 19.1 Å². The normalized spacial score (nSPS) is 25.4. The van der Waals surface area contributed by atoms with Crippen molar-refractivity contribution in [3.63, 3.8) is 0 Å². The van der Waals surface area contributed by atoms with E-state index in [-0.39, 0.29) is 17.6 Å². The molecule has 4 rings (SSSR count). The predicted octanol–water partition coefficient (Wildman–Crippen LogP) is 2.74. The van der Waals surface area contributed by atoms with E-state index in [1.807, 2.05) is 17.0 Å². The van der Waals surface area contributed by atoms with Crippen molar-refractivity contribution in [2.45, 2.75) is 50.7 Å². The minimum absolute atomic E-state index is 0.179. The number of hydrogen-bond donors (Lipinski definition) is 0. The number of rotatable bonds is 5. The molecule has 0 bridgehead atoms. The summed E-state index contributed by atoms with van der Waals surface area (Å²) in [5.74, 6) is 0.824. The van der Waals surface area contributed by atoms with E-state index < -0.39 is 0 Å². The van der Waals surface area contributed by atoms with Crippen molar-refractivity contribution in [1.29, 1.82) is 0 Å². The Balaban J connectivity index is 1.23. The molecular formula is C22H31NO4. The maximum Gasteiger partial charge on any atom is 0.227 e. The first-order valence-corrected chi connectivity index (χ1v) is 10.3. The molecule has 27 heavy (non-hydrogen) atoms. The molecule has 148 valence electrons. The number of aryl methyl sites for hydroxylation is 1. The number of likely N-dealkylation sites (tertiary alicyclic amines) is 1. The molecule has 0 saturated carbocycles. The first kappa shape index (κ1) is 18.9. The summed E-state index contributed by atoms with van der Waals surface area (Å²) in [6.45, 7) is 6.77. The van der Waals surface area contributed by atoms with Crippen LogP contribution in [0.2, 0.25) is 0 Å². The van der Waals surface area contributed by atoms with E-state index in [1.54, 1.807) is 0 Å².